The highest BCUT2D eigenvalue weighted by molar-refractivity contribution is 5.85. The fourth-order valence-corrected chi connectivity index (χ4v) is 2.99. The van der Waals surface area contributed by atoms with Crippen molar-refractivity contribution in [1.29, 1.82) is 5.26 Å². The molecular formula is C15H22N2O. The fraction of sp³-hybridized carbons (Fsp3) is 0.733. The van der Waals surface area contributed by atoms with E-state index in [9.17, 15) is 10.1 Å². The molecule has 98 valence electrons. The van der Waals surface area contributed by atoms with Gasteiger partial charge in [-0.3, -0.25) is 4.79 Å². The Morgan fingerprint density at radius 1 is 1.33 bits per heavy atom. The highest BCUT2D eigenvalue weighted by Crippen LogP contribution is 2.35. The summed E-state index contributed by atoms with van der Waals surface area (Å²) in [6.07, 6.45) is 12.4. The summed E-state index contributed by atoms with van der Waals surface area (Å²) in [4.78, 5) is 12.2. The normalized spacial score (nSPS) is 26.3. The molecule has 0 bridgehead atoms. The third-order valence-electron chi connectivity index (χ3n) is 4.28. The largest absolute Gasteiger partial charge is 0.354 e. The Bertz CT molecular complexity index is 361. The Morgan fingerprint density at radius 2 is 2.11 bits per heavy atom. The minimum absolute atomic E-state index is 0.0285. The van der Waals surface area contributed by atoms with Crippen LogP contribution in [0.1, 0.15) is 51.4 Å². The lowest BCUT2D eigenvalue weighted by Crippen LogP contribution is -2.43. The average Bonchev–Trinajstić information content (AvgIpc) is 2.46. The first kappa shape index (κ1) is 13.1. The first-order valence-electron chi connectivity index (χ1n) is 7.11. The molecule has 0 aliphatic heterocycles. The molecular weight excluding hydrogens is 224 g/mol. The van der Waals surface area contributed by atoms with Crippen molar-refractivity contribution < 1.29 is 4.79 Å². The molecule has 0 aromatic rings. The fourth-order valence-electron chi connectivity index (χ4n) is 2.99. The Balaban J connectivity index is 1.86. The van der Waals surface area contributed by atoms with E-state index >= 15 is 0 Å². The van der Waals surface area contributed by atoms with Crippen LogP contribution in [0.5, 0.6) is 0 Å². The van der Waals surface area contributed by atoms with Crippen LogP contribution in [0, 0.1) is 22.7 Å². The zero-order chi connectivity index (χ0) is 12.8. The molecule has 0 radical (unpaired) electrons. The van der Waals surface area contributed by atoms with Crippen molar-refractivity contribution in [3.63, 3.8) is 0 Å². The minimum Gasteiger partial charge on any atom is -0.354 e. The third-order valence-corrected chi connectivity index (χ3v) is 4.28. The molecule has 0 heterocycles. The van der Waals surface area contributed by atoms with Gasteiger partial charge in [0.25, 0.3) is 0 Å². The molecule has 1 fully saturated rings. The van der Waals surface area contributed by atoms with Gasteiger partial charge in [0.1, 0.15) is 5.41 Å². The number of rotatable bonds is 3. The second-order valence-corrected chi connectivity index (χ2v) is 5.62. The van der Waals surface area contributed by atoms with E-state index in [1.165, 1.54) is 0 Å². The number of allylic oxidation sites excluding steroid dienone is 2. The maximum atomic E-state index is 12.2. The number of nitriles is 1. The molecule has 0 aromatic heterocycles. The second kappa shape index (κ2) is 6.04. The summed E-state index contributed by atoms with van der Waals surface area (Å²) < 4.78 is 0. The molecule has 0 saturated heterocycles. The summed E-state index contributed by atoms with van der Waals surface area (Å²) in [7, 11) is 0. The van der Waals surface area contributed by atoms with E-state index in [0.717, 1.165) is 57.9 Å². The lowest BCUT2D eigenvalue weighted by molar-refractivity contribution is -0.129. The molecule has 3 heteroatoms. The van der Waals surface area contributed by atoms with E-state index in [2.05, 4.69) is 23.5 Å². The van der Waals surface area contributed by atoms with Crippen LogP contribution in [-0.2, 0) is 4.79 Å². The van der Waals surface area contributed by atoms with Crippen LogP contribution in [0.15, 0.2) is 12.2 Å². The molecule has 1 atom stereocenters. The van der Waals surface area contributed by atoms with Crippen LogP contribution in [0.2, 0.25) is 0 Å². The maximum Gasteiger partial charge on any atom is 0.240 e. The predicted octanol–water partition coefficient (Wildman–Crippen LogP) is 2.93. The van der Waals surface area contributed by atoms with Gasteiger partial charge in [-0.2, -0.15) is 5.26 Å². The summed E-state index contributed by atoms with van der Waals surface area (Å²) in [6.45, 7) is 0.729. The zero-order valence-corrected chi connectivity index (χ0v) is 11.0. The van der Waals surface area contributed by atoms with Gasteiger partial charge in [-0.15, -0.1) is 0 Å². The number of carbonyl (C=O) groups excluding carboxylic acids is 1. The highest BCUT2D eigenvalue weighted by Gasteiger charge is 2.39. The number of nitrogens with zero attached hydrogens (tertiary/aromatic N) is 1. The van der Waals surface area contributed by atoms with Gasteiger partial charge in [0.05, 0.1) is 6.07 Å². The van der Waals surface area contributed by atoms with Crippen LogP contribution in [0.3, 0.4) is 0 Å². The van der Waals surface area contributed by atoms with E-state index in [0.29, 0.717) is 5.92 Å². The van der Waals surface area contributed by atoms with Crippen LogP contribution >= 0.6 is 0 Å². The molecule has 1 unspecified atom stereocenters. The van der Waals surface area contributed by atoms with Crippen LogP contribution in [0.25, 0.3) is 0 Å². The first-order chi connectivity index (χ1) is 8.77. The highest BCUT2D eigenvalue weighted by atomic mass is 16.2. The van der Waals surface area contributed by atoms with Gasteiger partial charge in [-0.1, -0.05) is 31.4 Å². The molecule has 2 aliphatic carbocycles. The van der Waals surface area contributed by atoms with Gasteiger partial charge < -0.3 is 5.32 Å². The van der Waals surface area contributed by atoms with Gasteiger partial charge in [0.15, 0.2) is 0 Å². The monoisotopic (exact) mass is 246 g/mol. The van der Waals surface area contributed by atoms with E-state index in [4.69, 9.17) is 0 Å². The van der Waals surface area contributed by atoms with Gasteiger partial charge in [0.2, 0.25) is 5.91 Å². The van der Waals surface area contributed by atoms with Crippen molar-refractivity contribution in [2.75, 3.05) is 6.54 Å². The van der Waals surface area contributed by atoms with Crippen molar-refractivity contribution >= 4 is 5.91 Å². The molecule has 3 nitrogen and oxygen atoms in total. The molecule has 1 N–H and O–H groups in total. The van der Waals surface area contributed by atoms with Crippen molar-refractivity contribution in [2.45, 2.75) is 51.4 Å². The average molecular weight is 246 g/mol. The van der Waals surface area contributed by atoms with Crippen molar-refractivity contribution in [3.05, 3.63) is 12.2 Å². The van der Waals surface area contributed by atoms with Gasteiger partial charge in [0, 0.05) is 6.54 Å². The van der Waals surface area contributed by atoms with Crippen LogP contribution < -0.4 is 5.32 Å². The Kier molecular flexibility index (Phi) is 4.41. The number of amides is 1. The maximum absolute atomic E-state index is 12.2. The lowest BCUT2D eigenvalue weighted by Gasteiger charge is -2.30. The number of hydrogen-bond acceptors (Lipinski definition) is 2. The van der Waals surface area contributed by atoms with E-state index in [-0.39, 0.29) is 5.91 Å². The summed E-state index contributed by atoms with van der Waals surface area (Å²) in [5.41, 5.74) is -0.733. The zero-order valence-electron chi connectivity index (χ0n) is 11.0. The van der Waals surface area contributed by atoms with Crippen LogP contribution in [-0.4, -0.2) is 12.5 Å². The summed E-state index contributed by atoms with van der Waals surface area (Å²) in [5.74, 6) is 0.525. The molecule has 0 aromatic carbocycles. The molecule has 2 aliphatic rings. The van der Waals surface area contributed by atoms with Crippen molar-refractivity contribution in [3.8, 4) is 6.07 Å². The summed E-state index contributed by atoms with van der Waals surface area (Å²) >= 11 is 0. The Morgan fingerprint density at radius 3 is 2.72 bits per heavy atom. The standard InChI is InChI=1S/C15H22N2O/c16-12-15(9-5-2-6-10-15)14(18)17-11-13-7-3-1-4-8-13/h1,3,13H,2,4-11H2,(H,17,18). The smallest absolute Gasteiger partial charge is 0.240 e. The van der Waals surface area contributed by atoms with Crippen molar-refractivity contribution in [1.82, 2.24) is 5.32 Å². The second-order valence-electron chi connectivity index (χ2n) is 5.62. The van der Waals surface area contributed by atoms with Crippen LogP contribution in [0.4, 0.5) is 0 Å². The summed E-state index contributed by atoms with van der Waals surface area (Å²) in [6, 6.07) is 2.28. The van der Waals surface area contributed by atoms with E-state index in [1.807, 2.05) is 0 Å². The quantitative estimate of drug-likeness (QED) is 0.778. The molecule has 2 rings (SSSR count). The molecule has 1 amide bonds. The number of nitrogens with one attached hydrogen (secondary N) is 1. The third kappa shape index (κ3) is 2.93. The molecule has 18 heavy (non-hydrogen) atoms. The van der Waals surface area contributed by atoms with Gasteiger partial charge in [-0.05, 0) is 38.0 Å². The number of carbonyl (C=O) groups is 1. The Labute approximate surface area is 109 Å². The number of hydrogen-bond donors (Lipinski definition) is 1. The molecule has 0 spiro atoms. The minimum atomic E-state index is -0.733. The lowest BCUT2D eigenvalue weighted by atomic mass is 9.74. The SMILES string of the molecule is N#CC1(C(=O)NCC2CC=CCC2)CCCCC1. The first-order valence-corrected chi connectivity index (χ1v) is 7.11. The molecule has 1 saturated carbocycles. The van der Waals surface area contributed by atoms with Crippen molar-refractivity contribution in [2.24, 2.45) is 11.3 Å². The predicted molar refractivity (Wildman–Crippen MR) is 70.6 cm³/mol. The summed E-state index contributed by atoms with van der Waals surface area (Å²) in [5, 5.41) is 12.3. The van der Waals surface area contributed by atoms with E-state index in [1.54, 1.807) is 0 Å². The Hall–Kier alpha value is -1.30. The van der Waals surface area contributed by atoms with E-state index < -0.39 is 5.41 Å². The topological polar surface area (TPSA) is 52.9 Å². The van der Waals surface area contributed by atoms with Gasteiger partial charge in [-0.25, -0.2) is 0 Å². The van der Waals surface area contributed by atoms with Gasteiger partial charge >= 0.3 is 0 Å².